The normalized spacial score (nSPS) is 16.3. The Bertz CT molecular complexity index is 781. The summed E-state index contributed by atoms with van der Waals surface area (Å²) in [6, 6.07) is 8.19. The van der Waals surface area contributed by atoms with E-state index in [1.54, 1.807) is 11.3 Å². The molecule has 1 atom stereocenters. The zero-order chi connectivity index (χ0) is 18.5. The lowest BCUT2D eigenvalue weighted by Gasteiger charge is -2.14. The van der Waals surface area contributed by atoms with Gasteiger partial charge in [0.25, 0.3) is 5.91 Å². The molecule has 0 saturated carbocycles. The zero-order valence-electron chi connectivity index (χ0n) is 14.9. The van der Waals surface area contributed by atoms with Crippen molar-refractivity contribution >= 4 is 34.6 Å². The number of thiocarbonyl (C=S) groups is 1. The fourth-order valence-electron chi connectivity index (χ4n) is 2.94. The van der Waals surface area contributed by atoms with Crippen LogP contribution in [0.1, 0.15) is 33.6 Å². The molecule has 1 aromatic carbocycles. The van der Waals surface area contributed by atoms with Crippen LogP contribution in [0, 0.1) is 13.8 Å². The minimum Gasteiger partial charge on any atom is -0.376 e. The van der Waals surface area contributed by atoms with E-state index in [-0.39, 0.29) is 12.0 Å². The van der Waals surface area contributed by atoms with E-state index in [4.69, 9.17) is 17.0 Å². The van der Waals surface area contributed by atoms with Gasteiger partial charge in [-0.15, -0.1) is 11.3 Å². The van der Waals surface area contributed by atoms with Gasteiger partial charge in [-0.05, 0) is 44.5 Å². The van der Waals surface area contributed by atoms with Crippen molar-refractivity contribution in [3.63, 3.8) is 0 Å². The van der Waals surface area contributed by atoms with Gasteiger partial charge in [0.15, 0.2) is 5.11 Å². The molecule has 7 heteroatoms. The molecular formula is C19H23N3O2S2. The van der Waals surface area contributed by atoms with Crippen LogP contribution >= 0.6 is 23.6 Å². The van der Waals surface area contributed by atoms with Crippen molar-refractivity contribution < 1.29 is 9.53 Å². The number of carbonyl (C=O) groups is 1. The number of amides is 1. The maximum atomic E-state index is 12.6. The van der Waals surface area contributed by atoms with Crippen molar-refractivity contribution in [3.05, 3.63) is 45.6 Å². The average Bonchev–Trinajstić information content (AvgIpc) is 3.28. The molecule has 5 nitrogen and oxygen atoms in total. The minimum absolute atomic E-state index is 0.193. The van der Waals surface area contributed by atoms with Crippen molar-refractivity contribution in [3.8, 4) is 11.1 Å². The molecule has 138 valence electrons. The summed E-state index contributed by atoms with van der Waals surface area (Å²) < 4.78 is 5.54. The highest BCUT2D eigenvalue weighted by molar-refractivity contribution is 7.80. The monoisotopic (exact) mass is 389 g/mol. The minimum atomic E-state index is -0.203. The van der Waals surface area contributed by atoms with E-state index in [9.17, 15) is 4.79 Å². The molecule has 1 amide bonds. The molecule has 3 N–H and O–H groups in total. The van der Waals surface area contributed by atoms with Crippen LogP contribution in [-0.4, -0.2) is 30.3 Å². The van der Waals surface area contributed by atoms with Crippen LogP contribution in [0.5, 0.6) is 0 Å². The highest BCUT2D eigenvalue weighted by atomic mass is 32.1. The number of hydrogen-bond acceptors (Lipinski definition) is 4. The topological polar surface area (TPSA) is 62.4 Å². The Morgan fingerprint density at radius 3 is 2.73 bits per heavy atom. The molecule has 1 fully saturated rings. The van der Waals surface area contributed by atoms with Crippen LogP contribution < -0.4 is 16.2 Å². The number of hydrogen-bond donors (Lipinski definition) is 3. The van der Waals surface area contributed by atoms with Crippen LogP contribution in [0.25, 0.3) is 11.1 Å². The van der Waals surface area contributed by atoms with Gasteiger partial charge in [0.2, 0.25) is 0 Å². The van der Waals surface area contributed by atoms with Gasteiger partial charge < -0.3 is 10.1 Å². The molecule has 0 aliphatic carbocycles. The van der Waals surface area contributed by atoms with Crippen LogP contribution in [-0.2, 0) is 4.74 Å². The number of nitrogens with one attached hydrogen (secondary N) is 3. The molecule has 1 saturated heterocycles. The summed E-state index contributed by atoms with van der Waals surface area (Å²) in [6.07, 6.45) is 2.32. The van der Waals surface area contributed by atoms with Crippen LogP contribution in [0.15, 0.2) is 29.6 Å². The highest BCUT2D eigenvalue weighted by Crippen LogP contribution is 2.32. The molecule has 0 spiro atoms. The standard InChI is InChI=1S/C19H23N3O2S2/c1-12-5-7-14(8-6-12)17-13(2)26-11-16(17)18(23)21-22-19(25)20-10-15-4-3-9-24-15/h5-8,11,15H,3-4,9-10H2,1-2H3,(H,21,23)(H2,20,22,25)/t15-/m0/s1. The van der Waals surface area contributed by atoms with Gasteiger partial charge in [0.05, 0.1) is 11.7 Å². The third-order valence-electron chi connectivity index (χ3n) is 4.36. The Morgan fingerprint density at radius 2 is 2.04 bits per heavy atom. The number of ether oxygens (including phenoxy) is 1. The van der Waals surface area contributed by atoms with Crippen LogP contribution in [0.3, 0.4) is 0 Å². The Kier molecular flexibility index (Phi) is 6.24. The van der Waals surface area contributed by atoms with Gasteiger partial charge in [-0.2, -0.15) is 0 Å². The lowest BCUT2D eigenvalue weighted by atomic mass is 10.0. The molecular weight excluding hydrogens is 366 g/mol. The van der Waals surface area contributed by atoms with E-state index in [1.165, 1.54) is 5.56 Å². The van der Waals surface area contributed by atoms with E-state index in [0.29, 0.717) is 17.2 Å². The molecule has 0 bridgehead atoms. The molecule has 2 heterocycles. The Hall–Kier alpha value is -1.96. The first-order valence-electron chi connectivity index (χ1n) is 8.65. The van der Waals surface area contributed by atoms with E-state index >= 15 is 0 Å². The smallest absolute Gasteiger partial charge is 0.271 e. The summed E-state index contributed by atoms with van der Waals surface area (Å²) in [5, 5.41) is 5.34. The maximum absolute atomic E-state index is 12.6. The van der Waals surface area contributed by atoms with E-state index in [2.05, 4.69) is 28.3 Å². The van der Waals surface area contributed by atoms with Crippen LogP contribution in [0.2, 0.25) is 0 Å². The third kappa shape index (κ3) is 4.60. The van der Waals surface area contributed by atoms with Gasteiger partial charge in [-0.1, -0.05) is 29.8 Å². The lowest BCUT2D eigenvalue weighted by molar-refractivity contribution is 0.0944. The molecule has 0 unspecified atom stereocenters. The zero-order valence-corrected chi connectivity index (χ0v) is 16.6. The summed E-state index contributed by atoms with van der Waals surface area (Å²) in [4.78, 5) is 13.7. The SMILES string of the molecule is Cc1ccc(-c2c(C(=O)NNC(=S)NC[C@@H]3CCCO3)csc2C)cc1. The predicted octanol–water partition coefficient (Wildman–Crippen LogP) is 3.32. The number of thiophene rings is 1. The molecule has 26 heavy (non-hydrogen) atoms. The average molecular weight is 390 g/mol. The van der Waals surface area contributed by atoms with Gasteiger partial charge in [0.1, 0.15) is 0 Å². The van der Waals surface area contributed by atoms with Crippen LogP contribution in [0.4, 0.5) is 0 Å². The molecule has 0 radical (unpaired) electrons. The third-order valence-corrected chi connectivity index (χ3v) is 5.52. The van der Waals surface area contributed by atoms with Crippen molar-refractivity contribution in [1.29, 1.82) is 0 Å². The fraction of sp³-hybridized carbons (Fsp3) is 0.368. The maximum Gasteiger partial charge on any atom is 0.271 e. The number of hydrazine groups is 1. The van der Waals surface area contributed by atoms with Crippen molar-refractivity contribution in [2.24, 2.45) is 0 Å². The lowest BCUT2D eigenvalue weighted by Crippen LogP contribution is -2.48. The first-order valence-corrected chi connectivity index (χ1v) is 9.94. The van der Waals surface area contributed by atoms with Crippen molar-refractivity contribution in [1.82, 2.24) is 16.2 Å². The Labute approximate surface area is 163 Å². The summed E-state index contributed by atoms with van der Waals surface area (Å²) >= 11 is 6.78. The van der Waals surface area contributed by atoms with E-state index < -0.39 is 0 Å². The van der Waals surface area contributed by atoms with Gasteiger partial charge in [0, 0.05) is 29.0 Å². The van der Waals surface area contributed by atoms with Gasteiger partial charge >= 0.3 is 0 Å². The molecule has 1 aliphatic rings. The molecule has 2 aromatic rings. The number of aryl methyl sites for hydroxylation is 2. The molecule has 1 aromatic heterocycles. The number of benzene rings is 1. The number of carbonyl (C=O) groups excluding carboxylic acids is 1. The number of rotatable bonds is 4. The Balaban J connectivity index is 1.59. The quantitative estimate of drug-likeness (QED) is 0.553. The van der Waals surface area contributed by atoms with Crippen molar-refractivity contribution in [2.75, 3.05) is 13.2 Å². The van der Waals surface area contributed by atoms with Crippen molar-refractivity contribution in [2.45, 2.75) is 32.8 Å². The summed E-state index contributed by atoms with van der Waals surface area (Å²) in [7, 11) is 0. The molecule has 1 aliphatic heterocycles. The first kappa shape index (κ1) is 18.8. The largest absolute Gasteiger partial charge is 0.376 e. The van der Waals surface area contributed by atoms with E-state index in [0.717, 1.165) is 35.5 Å². The summed E-state index contributed by atoms with van der Waals surface area (Å²) in [6.45, 7) is 5.53. The second-order valence-electron chi connectivity index (χ2n) is 6.37. The summed E-state index contributed by atoms with van der Waals surface area (Å²) in [5.41, 5.74) is 9.30. The van der Waals surface area contributed by atoms with Gasteiger partial charge in [-0.3, -0.25) is 15.6 Å². The fourth-order valence-corrected chi connectivity index (χ4v) is 3.94. The summed E-state index contributed by atoms with van der Waals surface area (Å²) in [5.74, 6) is -0.203. The van der Waals surface area contributed by atoms with E-state index in [1.807, 2.05) is 31.4 Å². The van der Waals surface area contributed by atoms with Gasteiger partial charge in [-0.25, -0.2) is 0 Å². The second kappa shape index (κ2) is 8.62. The highest BCUT2D eigenvalue weighted by Gasteiger charge is 2.18. The molecule has 3 rings (SSSR count). The first-order chi connectivity index (χ1) is 12.5. The predicted molar refractivity (Wildman–Crippen MR) is 109 cm³/mol. The Morgan fingerprint density at radius 1 is 1.27 bits per heavy atom. The second-order valence-corrected chi connectivity index (χ2v) is 7.86.